The molecule has 14 rings (SSSR count). The minimum atomic E-state index is -0.819. The molecule has 81 heavy (non-hydrogen) atoms. The third kappa shape index (κ3) is 8.90. The van der Waals surface area contributed by atoms with Gasteiger partial charge in [0.2, 0.25) is 0 Å². The van der Waals surface area contributed by atoms with Gasteiger partial charge in [-0.05, 0) is 178 Å². The molecule has 0 saturated heterocycles. The first-order chi connectivity index (χ1) is 40.1. The number of nitrogens with zero attached hydrogens (tertiary/aromatic N) is 4. The number of benzene rings is 9. The topological polar surface area (TPSA) is 13.0 Å². The van der Waals surface area contributed by atoms with Crippen molar-refractivity contribution in [3.05, 3.63) is 354 Å². The maximum absolute atomic E-state index is 2.63. The van der Waals surface area contributed by atoms with Gasteiger partial charge in [-0.25, -0.2) is 0 Å². The molecule has 0 bridgehead atoms. The van der Waals surface area contributed by atoms with Crippen molar-refractivity contribution in [2.45, 2.75) is 37.6 Å². The van der Waals surface area contributed by atoms with Gasteiger partial charge in [-0.3, -0.25) is 0 Å². The maximum Gasteiger partial charge on any atom is 0.0722 e. The van der Waals surface area contributed by atoms with Crippen LogP contribution < -0.4 is 19.6 Å². The first-order valence-electron chi connectivity index (χ1n) is 28.5. The van der Waals surface area contributed by atoms with Gasteiger partial charge in [-0.1, -0.05) is 195 Å². The van der Waals surface area contributed by atoms with E-state index in [1.165, 1.54) is 61.6 Å². The van der Waals surface area contributed by atoms with Crippen molar-refractivity contribution in [1.82, 2.24) is 0 Å². The molecular weight excluding hydrogens is 981 g/mol. The van der Waals surface area contributed by atoms with Crippen LogP contribution in [0.3, 0.4) is 0 Å². The van der Waals surface area contributed by atoms with Crippen molar-refractivity contribution in [3.63, 3.8) is 0 Å². The summed E-state index contributed by atoms with van der Waals surface area (Å²) in [5, 5.41) is 0. The molecule has 9 aromatic carbocycles. The van der Waals surface area contributed by atoms with Crippen LogP contribution in [0.1, 0.15) is 53.1 Å². The van der Waals surface area contributed by atoms with E-state index in [2.05, 4.69) is 336 Å². The van der Waals surface area contributed by atoms with Crippen LogP contribution in [-0.4, -0.2) is 6.04 Å². The van der Waals surface area contributed by atoms with Crippen molar-refractivity contribution in [2.75, 3.05) is 19.6 Å². The maximum atomic E-state index is 2.63. The molecule has 0 heterocycles. The fraction of sp³-hybridized carbons (Fsp3) is 0.0909. The summed E-state index contributed by atoms with van der Waals surface area (Å²) in [5.41, 5.74) is 21.9. The Balaban J connectivity index is 1.10. The molecule has 4 nitrogen and oxygen atoms in total. The highest BCUT2D eigenvalue weighted by Crippen LogP contribution is 2.62. The second-order valence-electron chi connectivity index (χ2n) is 21.6. The molecule has 1 spiro atoms. The monoisotopic (exact) mass is 1040 g/mol. The van der Waals surface area contributed by atoms with E-state index in [4.69, 9.17) is 0 Å². The zero-order valence-electron chi connectivity index (χ0n) is 45.5. The minimum Gasteiger partial charge on any atom is -0.337 e. The van der Waals surface area contributed by atoms with E-state index in [0.29, 0.717) is 0 Å². The summed E-state index contributed by atoms with van der Waals surface area (Å²) in [5.74, 6) is 0.270. The Morgan fingerprint density at radius 1 is 0.333 bits per heavy atom. The summed E-state index contributed by atoms with van der Waals surface area (Å²) in [6.45, 7) is 2.35. The van der Waals surface area contributed by atoms with Crippen LogP contribution in [0, 0.1) is 5.92 Å². The summed E-state index contributed by atoms with van der Waals surface area (Å²) in [7, 11) is 0. The van der Waals surface area contributed by atoms with Crippen LogP contribution in [-0.2, 0) is 11.8 Å². The first-order valence-corrected chi connectivity index (χ1v) is 28.5. The van der Waals surface area contributed by atoms with Crippen LogP contribution in [0.15, 0.2) is 321 Å². The second kappa shape index (κ2) is 21.4. The summed E-state index contributed by atoms with van der Waals surface area (Å²) < 4.78 is 0. The van der Waals surface area contributed by atoms with Gasteiger partial charge in [0, 0.05) is 75.4 Å². The highest BCUT2D eigenvalue weighted by molar-refractivity contribution is 5.93. The number of fused-ring (bicyclic) bond motifs is 9. The number of para-hydroxylation sites is 5. The third-order valence-electron chi connectivity index (χ3n) is 16.8. The lowest BCUT2D eigenvalue weighted by Crippen LogP contribution is -2.39. The van der Waals surface area contributed by atoms with Crippen molar-refractivity contribution in [3.8, 4) is 11.1 Å². The number of anilines is 9. The predicted molar refractivity (Wildman–Crippen MR) is 340 cm³/mol. The van der Waals surface area contributed by atoms with Crippen molar-refractivity contribution in [1.29, 1.82) is 0 Å². The molecule has 0 N–H and O–H groups in total. The van der Waals surface area contributed by atoms with Crippen LogP contribution in [0.4, 0.5) is 51.2 Å². The molecular formula is C77H62N4. The largest absolute Gasteiger partial charge is 0.337 e. The van der Waals surface area contributed by atoms with E-state index in [0.717, 1.165) is 64.8 Å². The fourth-order valence-electron chi connectivity index (χ4n) is 13.2. The molecule has 4 heteroatoms. The van der Waals surface area contributed by atoms with Gasteiger partial charge in [-0.2, -0.15) is 0 Å². The average molecular weight is 1040 g/mol. The SMILES string of the molecule is CC1C=CC=CC1N(C1=CC=CC=CC1)c1ccc2c(c1)C1(c3cc(N(c4ccccc4)c4ccccc4)ccc3Cc3ccc(N(c4ccccc4)c4ccccc4)cc31)c1cc(N(C3=CC=CC=CC3)c3ccccc3)ccc1-2. The van der Waals surface area contributed by atoms with E-state index in [1.807, 2.05) is 0 Å². The predicted octanol–water partition coefficient (Wildman–Crippen LogP) is 19.8. The molecule has 5 aliphatic rings. The Labute approximate surface area is 477 Å². The Kier molecular flexibility index (Phi) is 13.0. The van der Waals surface area contributed by atoms with Gasteiger partial charge in [0.05, 0.1) is 11.5 Å². The van der Waals surface area contributed by atoms with Crippen molar-refractivity contribution < 1.29 is 0 Å². The summed E-state index contributed by atoms with van der Waals surface area (Å²) >= 11 is 0. The average Bonchev–Trinajstić information content (AvgIpc) is 3.02. The Morgan fingerprint density at radius 3 is 1.22 bits per heavy atom. The van der Waals surface area contributed by atoms with Gasteiger partial charge in [0.15, 0.2) is 0 Å². The molecule has 390 valence electrons. The summed E-state index contributed by atoms with van der Waals surface area (Å²) in [6, 6.07) is 83.9. The second-order valence-corrected chi connectivity index (χ2v) is 21.6. The molecule has 0 aromatic heterocycles. The lowest BCUT2D eigenvalue weighted by molar-refractivity contribution is 0.590. The Hall–Kier alpha value is -9.90. The third-order valence-corrected chi connectivity index (χ3v) is 16.8. The van der Waals surface area contributed by atoms with E-state index in [9.17, 15) is 0 Å². The van der Waals surface area contributed by atoms with Gasteiger partial charge in [0.1, 0.15) is 0 Å². The fourth-order valence-corrected chi connectivity index (χ4v) is 13.2. The summed E-state index contributed by atoms with van der Waals surface area (Å²) in [6.07, 6.45) is 33.7. The molecule has 0 amide bonds. The molecule has 2 unspecified atom stereocenters. The smallest absolute Gasteiger partial charge is 0.0722 e. The molecule has 9 aromatic rings. The highest BCUT2D eigenvalue weighted by atomic mass is 15.2. The van der Waals surface area contributed by atoms with Gasteiger partial charge >= 0.3 is 0 Å². The molecule has 0 radical (unpaired) electrons. The van der Waals surface area contributed by atoms with Crippen LogP contribution in [0.5, 0.6) is 0 Å². The molecule has 0 aliphatic heterocycles. The minimum absolute atomic E-state index is 0.0978. The summed E-state index contributed by atoms with van der Waals surface area (Å²) in [4.78, 5) is 9.96. The zero-order chi connectivity index (χ0) is 54.1. The molecule has 0 fully saturated rings. The van der Waals surface area contributed by atoms with Gasteiger partial charge in [-0.15, -0.1) is 0 Å². The number of hydrogen-bond donors (Lipinski definition) is 0. The Morgan fingerprint density at radius 2 is 0.728 bits per heavy atom. The van der Waals surface area contributed by atoms with Crippen LogP contribution in [0.2, 0.25) is 0 Å². The van der Waals surface area contributed by atoms with E-state index < -0.39 is 5.41 Å². The van der Waals surface area contributed by atoms with Gasteiger partial charge in [0.25, 0.3) is 0 Å². The van der Waals surface area contributed by atoms with E-state index >= 15 is 0 Å². The lowest BCUT2D eigenvalue weighted by Gasteiger charge is -2.43. The van der Waals surface area contributed by atoms with Crippen molar-refractivity contribution in [2.24, 2.45) is 5.92 Å². The number of hydrogen-bond acceptors (Lipinski definition) is 4. The molecule has 2 atom stereocenters. The van der Waals surface area contributed by atoms with Gasteiger partial charge < -0.3 is 19.6 Å². The van der Waals surface area contributed by atoms with E-state index in [1.54, 1.807) is 0 Å². The van der Waals surface area contributed by atoms with Crippen LogP contribution >= 0.6 is 0 Å². The van der Waals surface area contributed by atoms with E-state index in [-0.39, 0.29) is 12.0 Å². The molecule has 5 aliphatic carbocycles. The quantitative estimate of drug-likeness (QED) is 0.121. The normalized spacial score (nSPS) is 16.8. The first kappa shape index (κ1) is 49.4. The standard InChI is InChI=1S/C77H62N4/c1-56-27-25-26-42-76(56)81(65-40-13-4-5-14-41-65)69-48-50-71-70-49-47-68(80(64-38-23-10-24-39-64)59-28-11-2-3-12-29-59)54-74(70)77(75(71)55-69)72-52-66(78(60-30-15-6-16-31-60)61-32-17-7-18-33-61)45-43-57(72)51-58-44-46-67(53-73(58)77)79(62-34-19-8-20-35-62)63-36-21-9-22-37-63/h2-28,30-40,42-50,52-56,76H,29,41,51H2,1H3. The number of allylic oxidation sites excluding steroid dienone is 12. The molecule has 0 saturated carbocycles. The highest BCUT2D eigenvalue weighted by Gasteiger charge is 2.51. The lowest BCUT2D eigenvalue weighted by atomic mass is 9.61. The number of rotatable bonds is 12. The van der Waals surface area contributed by atoms with Crippen molar-refractivity contribution >= 4 is 51.2 Å². The van der Waals surface area contributed by atoms with Crippen LogP contribution in [0.25, 0.3) is 11.1 Å². The zero-order valence-corrected chi connectivity index (χ0v) is 45.5. The Bertz CT molecular complexity index is 3840.